The molecule has 156 valence electrons. The van der Waals surface area contributed by atoms with Gasteiger partial charge in [-0.3, -0.25) is 9.78 Å². The van der Waals surface area contributed by atoms with E-state index in [9.17, 15) is 9.59 Å². The van der Waals surface area contributed by atoms with Crippen LogP contribution in [0, 0.1) is 0 Å². The van der Waals surface area contributed by atoms with E-state index in [-0.39, 0.29) is 11.9 Å². The van der Waals surface area contributed by atoms with E-state index in [0.717, 1.165) is 24.0 Å². The molecule has 30 heavy (non-hydrogen) atoms. The molecular weight excluding hydrogens is 382 g/mol. The lowest BCUT2D eigenvalue weighted by molar-refractivity contribution is -0.115. The summed E-state index contributed by atoms with van der Waals surface area (Å²) in [7, 11) is 0. The quantitative estimate of drug-likeness (QED) is 0.794. The molecule has 0 unspecified atom stereocenters. The highest BCUT2D eigenvalue weighted by Crippen LogP contribution is 2.33. The van der Waals surface area contributed by atoms with Crippen LogP contribution in [0.5, 0.6) is 0 Å². The fraction of sp³-hybridized carbons (Fsp3) is 0.364. The Morgan fingerprint density at radius 2 is 1.77 bits per heavy atom. The van der Waals surface area contributed by atoms with Crippen LogP contribution in [-0.2, 0) is 22.7 Å². The molecule has 1 atom stereocenters. The van der Waals surface area contributed by atoms with Gasteiger partial charge in [-0.05, 0) is 36.1 Å². The van der Waals surface area contributed by atoms with Crippen LogP contribution in [0.15, 0.2) is 60.0 Å². The van der Waals surface area contributed by atoms with E-state index in [4.69, 9.17) is 4.84 Å². The zero-order valence-corrected chi connectivity index (χ0v) is 16.7. The van der Waals surface area contributed by atoms with Crippen molar-refractivity contribution in [3.63, 3.8) is 0 Å². The van der Waals surface area contributed by atoms with E-state index < -0.39 is 5.60 Å². The molecule has 8 nitrogen and oxygen atoms in total. The van der Waals surface area contributed by atoms with Crippen molar-refractivity contribution >= 4 is 17.6 Å². The first kappa shape index (κ1) is 19.9. The molecule has 1 spiro atoms. The number of hydrogen-bond acceptors (Lipinski definition) is 5. The first-order valence-electron chi connectivity index (χ1n) is 10.1. The summed E-state index contributed by atoms with van der Waals surface area (Å²) in [5.74, 6) is -0.241. The standard InChI is InChI=1S/C22H25N5O3/c28-20(24-14-18-7-10-23-11-8-18)19-13-22(30-26-19)9-4-12-27(16-22)21(29)25-15-17-5-2-1-3-6-17/h1-3,5-8,10-11H,4,9,12-16H2,(H,24,28)(H,25,29)/t22-/m1/s1. The SMILES string of the molecule is O=C(NCc1ccncc1)C1=NO[C@]2(CCCN(C(=O)NCc3ccccc3)C2)C1. The highest BCUT2D eigenvalue weighted by Gasteiger charge is 2.45. The first-order chi connectivity index (χ1) is 14.6. The Balaban J connectivity index is 1.28. The van der Waals surface area contributed by atoms with Crippen molar-refractivity contribution in [1.29, 1.82) is 0 Å². The van der Waals surface area contributed by atoms with Crippen molar-refractivity contribution in [2.75, 3.05) is 13.1 Å². The number of pyridine rings is 1. The predicted octanol–water partition coefficient (Wildman–Crippen LogP) is 2.22. The molecule has 2 aromatic rings. The van der Waals surface area contributed by atoms with Gasteiger partial charge in [0.15, 0.2) is 5.60 Å². The first-order valence-corrected chi connectivity index (χ1v) is 10.1. The third-order valence-electron chi connectivity index (χ3n) is 5.42. The molecule has 2 N–H and O–H groups in total. The van der Waals surface area contributed by atoms with Gasteiger partial charge in [-0.1, -0.05) is 35.5 Å². The average molecular weight is 407 g/mol. The minimum absolute atomic E-state index is 0.128. The number of nitrogens with one attached hydrogen (secondary N) is 2. The number of oxime groups is 1. The zero-order valence-electron chi connectivity index (χ0n) is 16.7. The van der Waals surface area contributed by atoms with Crippen LogP contribution >= 0.6 is 0 Å². The molecule has 1 aromatic carbocycles. The highest BCUT2D eigenvalue weighted by atomic mass is 16.7. The second-order valence-corrected chi connectivity index (χ2v) is 7.70. The van der Waals surface area contributed by atoms with Crippen LogP contribution in [-0.4, -0.2) is 46.2 Å². The van der Waals surface area contributed by atoms with E-state index in [1.807, 2.05) is 42.5 Å². The van der Waals surface area contributed by atoms with Crippen molar-refractivity contribution < 1.29 is 14.4 Å². The Kier molecular flexibility index (Phi) is 5.92. The van der Waals surface area contributed by atoms with Gasteiger partial charge in [0.2, 0.25) is 0 Å². The topological polar surface area (TPSA) is 95.9 Å². The molecular formula is C22H25N5O3. The fourth-order valence-electron chi connectivity index (χ4n) is 3.80. The summed E-state index contributed by atoms with van der Waals surface area (Å²) in [6, 6.07) is 13.4. The maximum Gasteiger partial charge on any atom is 0.317 e. The number of rotatable bonds is 5. The molecule has 2 aliphatic heterocycles. The largest absolute Gasteiger partial charge is 0.386 e. The maximum absolute atomic E-state index is 12.6. The van der Waals surface area contributed by atoms with Crippen LogP contribution in [0.3, 0.4) is 0 Å². The number of likely N-dealkylation sites (tertiary alicyclic amines) is 1. The summed E-state index contributed by atoms with van der Waals surface area (Å²) in [6.45, 7) is 1.96. The lowest BCUT2D eigenvalue weighted by atomic mass is 9.88. The number of carbonyl (C=O) groups is 2. The molecule has 1 fully saturated rings. The van der Waals surface area contributed by atoms with Crippen LogP contribution < -0.4 is 10.6 Å². The molecule has 1 aromatic heterocycles. The minimum Gasteiger partial charge on any atom is -0.386 e. The van der Waals surface area contributed by atoms with Gasteiger partial charge in [0.25, 0.3) is 5.91 Å². The molecule has 0 bridgehead atoms. The molecule has 4 rings (SSSR count). The maximum atomic E-state index is 12.6. The molecule has 1 saturated heterocycles. The fourth-order valence-corrected chi connectivity index (χ4v) is 3.80. The summed E-state index contributed by atoms with van der Waals surface area (Å²) in [5, 5.41) is 9.87. The summed E-state index contributed by atoms with van der Waals surface area (Å²) in [4.78, 5) is 36.5. The molecule has 3 heterocycles. The monoisotopic (exact) mass is 407 g/mol. The zero-order chi connectivity index (χ0) is 20.8. The molecule has 0 aliphatic carbocycles. The van der Waals surface area contributed by atoms with Crippen LogP contribution in [0.1, 0.15) is 30.4 Å². The number of hydrogen-bond donors (Lipinski definition) is 2. The van der Waals surface area contributed by atoms with Crippen molar-refractivity contribution in [2.24, 2.45) is 5.16 Å². The Morgan fingerprint density at radius 1 is 1.03 bits per heavy atom. The second-order valence-electron chi connectivity index (χ2n) is 7.70. The van der Waals surface area contributed by atoms with E-state index in [2.05, 4.69) is 20.8 Å². The minimum atomic E-state index is -0.619. The van der Waals surface area contributed by atoms with Crippen LogP contribution in [0.2, 0.25) is 0 Å². The predicted molar refractivity (Wildman–Crippen MR) is 111 cm³/mol. The van der Waals surface area contributed by atoms with E-state index in [1.54, 1.807) is 17.3 Å². The van der Waals surface area contributed by atoms with E-state index in [1.165, 1.54) is 0 Å². The number of carbonyl (C=O) groups excluding carboxylic acids is 2. The number of urea groups is 1. The van der Waals surface area contributed by atoms with Crippen molar-refractivity contribution in [1.82, 2.24) is 20.5 Å². The summed E-state index contributed by atoms with van der Waals surface area (Å²) >= 11 is 0. The van der Waals surface area contributed by atoms with Gasteiger partial charge in [-0.2, -0.15) is 0 Å². The molecule has 2 aliphatic rings. The summed E-state index contributed by atoms with van der Waals surface area (Å²) in [5.41, 5.74) is 1.76. The number of benzene rings is 1. The third-order valence-corrected chi connectivity index (χ3v) is 5.42. The number of aromatic nitrogens is 1. The summed E-state index contributed by atoms with van der Waals surface area (Å²) in [6.07, 6.45) is 5.34. The van der Waals surface area contributed by atoms with Crippen molar-refractivity contribution in [3.8, 4) is 0 Å². The Hall–Kier alpha value is -3.42. The van der Waals surface area contributed by atoms with Gasteiger partial charge >= 0.3 is 6.03 Å². The summed E-state index contributed by atoms with van der Waals surface area (Å²) < 4.78 is 0. The van der Waals surface area contributed by atoms with E-state index >= 15 is 0 Å². The Morgan fingerprint density at radius 3 is 2.57 bits per heavy atom. The molecule has 0 radical (unpaired) electrons. The van der Waals surface area contributed by atoms with Gasteiger partial charge in [0.05, 0.1) is 6.54 Å². The number of amides is 3. The van der Waals surface area contributed by atoms with Gasteiger partial charge in [-0.15, -0.1) is 0 Å². The van der Waals surface area contributed by atoms with Gasteiger partial charge in [0.1, 0.15) is 5.71 Å². The Bertz CT molecular complexity index is 919. The lowest BCUT2D eigenvalue weighted by Crippen LogP contribution is -2.53. The number of piperidine rings is 1. The van der Waals surface area contributed by atoms with Gasteiger partial charge < -0.3 is 20.4 Å². The van der Waals surface area contributed by atoms with Crippen LogP contribution in [0.4, 0.5) is 4.79 Å². The van der Waals surface area contributed by atoms with Gasteiger partial charge in [-0.25, -0.2) is 4.79 Å². The average Bonchev–Trinajstić information content (AvgIpc) is 3.20. The normalized spacial score (nSPS) is 20.4. The highest BCUT2D eigenvalue weighted by molar-refractivity contribution is 6.39. The van der Waals surface area contributed by atoms with Gasteiger partial charge in [0, 0.05) is 38.4 Å². The van der Waals surface area contributed by atoms with E-state index in [0.29, 0.717) is 38.3 Å². The molecule has 3 amide bonds. The molecule has 8 heteroatoms. The Labute approximate surface area is 175 Å². The molecule has 0 saturated carbocycles. The van der Waals surface area contributed by atoms with Crippen molar-refractivity contribution in [3.05, 3.63) is 66.0 Å². The lowest BCUT2D eigenvalue weighted by Gasteiger charge is -2.38. The smallest absolute Gasteiger partial charge is 0.317 e. The van der Waals surface area contributed by atoms with Crippen LogP contribution in [0.25, 0.3) is 0 Å². The second kappa shape index (κ2) is 8.94. The van der Waals surface area contributed by atoms with Crippen molar-refractivity contribution in [2.45, 2.75) is 38.0 Å². The number of nitrogens with zero attached hydrogens (tertiary/aromatic N) is 3. The third kappa shape index (κ3) is 4.76.